The second kappa shape index (κ2) is 12.2. The van der Waals surface area contributed by atoms with Crippen LogP contribution in [0.3, 0.4) is 0 Å². The largest absolute Gasteiger partial charge is 0.394 e. The Morgan fingerprint density at radius 3 is 2.60 bits per heavy atom. The second-order valence-electron chi connectivity index (χ2n) is 11.1. The Morgan fingerprint density at radius 2 is 1.86 bits per heavy atom. The summed E-state index contributed by atoms with van der Waals surface area (Å²) >= 11 is 0. The van der Waals surface area contributed by atoms with Crippen molar-refractivity contribution in [1.29, 1.82) is 0 Å². The van der Waals surface area contributed by atoms with E-state index >= 15 is 0 Å². The van der Waals surface area contributed by atoms with Crippen molar-refractivity contribution in [3.05, 3.63) is 64.9 Å². The summed E-state index contributed by atoms with van der Waals surface area (Å²) in [5, 5.41) is 23.3. The summed E-state index contributed by atoms with van der Waals surface area (Å²) in [6.45, 7) is 2.06. The van der Waals surface area contributed by atoms with Crippen LogP contribution in [-0.2, 0) is 27.7 Å². The zero-order valence-corrected chi connectivity index (χ0v) is 24.3. The summed E-state index contributed by atoms with van der Waals surface area (Å²) in [6, 6.07) is 7.87. The Bertz CT molecular complexity index is 1590. The minimum Gasteiger partial charge on any atom is -0.394 e. The number of hydrogen-bond donors (Lipinski definition) is 4. The Balaban J connectivity index is 1.25. The van der Waals surface area contributed by atoms with Crippen LogP contribution in [0.15, 0.2) is 41.3 Å². The van der Waals surface area contributed by atoms with Gasteiger partial charge in [-0.2, -0.15) is 9.40 Å². The van der Waals surface area contributed by atoms with Gasteiger partial charge < -0.3 is 25.4 Å². The third-order valence-corrected chi connectivity index (χ3v) is 10.2. The van der Waals surface area contributed by atoms with Gasteiger partial charge in [-0.05, 0) is 56.0 Å². The molecule has 3 aromatic rings. The summed E-state index contributed by atoms with van der Waals surface area (Å²) in [5.74, 6) is -2.21. The molecule has 0 saturated carbocycles. The first-order valence-corrected chi connectivity index (χ1v) is 15.9. The Kier molecular flexibility index (Phi) is 8.36. The molecule has 11 nitrogen and oxygen atoms in total. The number of ether oxygens (including phenoxy) is 1. The molecule has 1 atom stereocenters. The van der Waals surface area contributed by atoms with Crippen LogP contribution in [0.25, 0.3) is 0 Å². The van der Waals surface area contributed by atoms with Gasteiger partial charge in [0.2, 0.25) is 10.0 Å². The molecule has 0 radical (unpaired) electrons. The molecule has 0 bridgehead atoms. The first-order valence-electron chi connectivity index (χ1n) is 14.4. The van der Waals surface area contributed by atoms with E-state index in [1.165, 1.54) is 0 Å². The van der Waals surface area contributed by atoms with Gasteiger partial charge in [0.25, 0.3) is 5.91 Å². The molecule has 43 heavy (non-hydrogen) atoms. The topological polar surface area (TPSA) is 140 Å². The van der Waals surface area contributed by atoms with E-state index in [4.69, 9.17) is 4.74 Å². The fourth-order valence-corrected chi connectivity index (χ4v) is 7.49. The van der Waals surface area contributed by atoms with Crippen molar-refractivity contribution in [2.24, 2.45) is 0 Å². The molecule has 1 amide bonds. The summed E-state index contributed by atoms with van der Waals surface area (Å²) in [4.78, 5) is 15.4. The van der Waals surface area contributed by atoms with Crippen molar-refractivity contribution >= 4 is 33.1 Å². The predicted molar refractivity (Wildman–Crippen MR) is 156 cm³/mol. The third-order valence-electron chi connectivity index (χ3n) is 8.35. The van der Waals surface area contributed by atoms with Crippen molar-refractivity contribution < 1.29 is 31.8 Å². The minimum atomic E-state index is -4.21. The third kappa shape index (κ3) is 6.09. The van der Waals surface area contributed by atoms with Gasteiger partial charge in [-0.25, -0.2) is 17.2 Å². The quantitative estimate of drug-likeness (QED) is 0.303. The molecule has 2 saturated heterocycles. The fourth-order valence-electron chi connectivity index (χ4n) is 6.04. The van der Waals surface area contributed by atoms with Crippen LogP contribution in [0.1, 0.15) is 47.3 Å². The maximum atomic E-state index is 13.8. The first-order chi connectivity index (χ1) is 20.7. The lowest BCUT2D eigenvalue weighted by atomic mass is 10.1. The summed E-state index contributed by atoms with van der Waals surface area (Å²) in [7, 11) is -4.21. The van der Waals surface area contributed by atoms with E-state index in [0.717, 1.165) is 54.4 Å². The Labute approximate surface area is 248 Å². The number of benzene rings is 2. The van der Waals surface area contributed by atoms with Gasteiger partial charge in [-0.1, -0.05) is 0 Å². The van der Waals surface area contributed by atoms with Crippen LogP contribution in [0, 0.1) is 11.6 Å². The van der Waals surface area contributed by atoms with Gasteiger partial charge in [0.15, 0.2) is 5.82 Å². The van der Waals surface area contributed by atoms with Crippen molar-refractivity contribution in [2.45, 2.75) is 55.6 Å². The van der Waals surface area contributed by atoms with E-state index in [-0.39, 0.29) is 44.0 Å². The minimum absolute atomic E-state index is 0.0225. The SMILES string of the molecule is O=C(Nc1n[nH]c2c1CN(S(=O)(=O)c1cc(F)cc(F)c1)CC2)c1ccc(N2CCCC2CO)cc1NC1CCOCC1. The van der Waals surface area contributed by atoms with Crippen LogP contribution in [0.5, 0.6) is 0 Å². The highest BCUT2D eigenvalue weighted by Crippen LogP contribution is 2.33. The fraction of sp³-hybridized carbons (Fsp3) is 0.448. The number of fused-ring (bicyclic) bond motifs is 1. The molecule has 3 aliphatic rings. The average molecular weight is 617 g/mol. The van der Waals surface area contributed by atoms with Crippen LogP contribution in [-0.4, -0.2) is 78.9 Å². The zero-order chi connectivity index (χ0) is 30.1. The van der Waals surface area contributed by atoms with Gasteiger partial charge in [0.05, 0.1) is 23.1 Å². The number of amides is 1. The molecular formula is C29H34F2N6O5S. The van der Waals surface area contributed by atoms with Crippen molar-refractivity contribution in [1.82, 2.24) is 14.5 Å². The Morgan fingerprint density at radius 1 is 1.09 bits per heavy atom. The smallest absolute Gasteiger partial charge is 0.258 e. The lowest BCUT2D eigenvalue weighted by molar-refractivity contribution is 0.0904. The normalized spacial score (nSPS) is 19.8. The maximum Gasteiger partial charge on any atom is 0.258 e. The van der Waals surface area contributed by atoms with E-state index in [0.29, 0.717) is 41.8 Å². The van der Waals surface area contributed by atoms with E-state index in [9.17, 15) is 27.1 Å². The summed E-state index contributed by atoms with van der Waals surface area (Å²) in [6.07, 6.45) is 3.73. The molecular weight excluding hydrogens is 582 g/mol. The zero-order valence-electron chi connectivity index (χ0n) is 23.5. The number of halogens is 2. The highest BCUT2D eigenvalue weighted by atomic mass is 32.2. The molecule has 3 aliphatic heterocycles. The molecule has 230 valence electrons. The number of H-pyrrole nitrogens is 1. The van der Waals surface area contributed by atoms with Gasteiger partial charge in [-0.15, -0.1) is 0 Å². The molecule has 6 rings (SSSR count). The molecule has 2 aromatic carbocycles. The van der Waals surface area contributed by atoms with E-state index < -0.39 is 32.5 Å². The monoisotopic (exact) mass is 616 g/mol. The molecule has 4 N–H and O–H groups in total. The number of anilines is 3. The standard InChI is InChI=1S/C29H34F2N6O5S/c30-18-12-19(31)14-23(13-18)43(40,41)36-9-5-26-25(16-36)28(35-34-26)33-29(39)24-4-3-21(37-8-1-2-22(37)17-38)15-27(24)32-20-6-10-42-11-7-20/h3-4,12-15,20,22,32,38H,1-2,5-11,16-17H2,(H2,33,34,35,39). The van der Waals surface area contributed by atoms with Crippen LogP contribution < -0.4 is 15.5 Å². The van der Waals surface area contributed by atoms with Gasteiger partial charge >= 0.3 is 0 Å². The highest BCUT2D eigenvalue weighted by Gasteiger charge is 2.33. The highest BCUT2D eigenvalue weighted by molar-refractivity contribution is 7.89. The number of carbonyl (C=O) groups excluding carboxylic acids is 1. The number of sulfonamides is 1. The van der Waals surface area contributed by atoms with E-state index in [1.807, 2.05) is 12.1 Å². The number of aliphatic hydroxyl groups excluding tert-OH is 1. The second-order valence-corrected chi connectivity index (χ2v) is 13.0. The van der Waals surface area contributed by atoms with Crippen molar-refractivity contribution in [3.8, 4) is 0 Å². The number of aromatic amines is 1. The summed E-state index contributed by atoms with van der Waals surface area (Å²) < 4.78 is 60.7. The molecule has 1 aromatic heterocycles. The molecule has 1 unspecified atom stereocenters. The van der Waals surface area contributed by atoms with Crippen LogP contribution in [0.4, 0.5) is 26.0 Å². The van der Waals surface area contributed by atoms with Crippen LogP contribution in [0.2, 0.25) is 0 Å². The number of aromatic nitrogens is 2. The van der Waals surface area contributed by atoms with Gasteiger partial charge in [-0.3, -0.25) is 9.89 Å². The lowest BCUT2D eigenvalue weighted by Crippen LogP contribution is -2.36. The number of rotatable bonds is 8. The van der Waals surface area contributed by atoms with Crippen molar-refractivity contribution in [3.63, 3.8) is 0 Å². The molecule has 14 heteroatoms. The molecule has 4 heterocycles. The number of nitrogens with zero attached hydrogens (tertiary/aromatic N) is 3. The van der Waals surface area contributed by atoms with E-state index in [1.54, 1.807) is 6.07 Å². The van der Waals surface area contributed by atoms with Crippen molar-refractivity contribution in [2.75, 3.05) is 48.4 Å². The first kappa shape index (κ1) is 29.5. The maximum absolute atomic E-state index is 13.8. The molecule has 0 aliphatic carbocycles. The molecule has 0 spiro atoms. The lowest BCUT2D eigenvalue weighted by Gasteiger charge is -2.29. The number of nitrogens with one attached hydrogen (secondary N) is 3. The van der Waals surface area contributed by atoms with E-state index in [2.05, 4.69) is 25.7 Å². The number of hydrogen-bond acceptors (Lipinski definition) is 8. The Hall–Kier alpha value is -3.59. The summed E-state index contributed by atoms with van der Waals surface area (Å²) in [5.41, 5.74) is 3.11. The number of carbonyl (C=O) groups is 1. The van der Waals surface area contributed by atoms with Crippen LogP contribution >= 0.6 is 0 Å². The van der Waals surface area contributed by atoms with Gasteiger partial charge in [0.1, 0.15) is 11.6 Å². The predicted octanol–water partition coefficient (Wildman–Crippen LogP) is 3.24. The van der Waals surface area contributed by atoms with Gasteiger partial charge in [0, 0.05) is 74.0 Å². The number of aliphatic hydroxyl groups is 1. The molecule has 2 fully saturated rings. The average Bonchev–Trinajstić information content (AvgIpc) is 3.64.